The number of carboxylic acids is 1. The number of carbonyl (C=O) groups is 2. The van der Waals surface area contributed by atoms with E-state index >= 15 is 0 Å². The summed E-state index contributed by atoms with van der Waals surface area (Å²) < 4.78 is 9.13. The number of aromatic nitrogens is 2. The van der Waals surface area contributed by atoms with Crippen LogP contribution < -0.4 is 14.9 Å². The number of benzene rings is 2. The molecule has 4 aromatic rings. The van der Waals surface area contributed by atoms with Crippen molar-refractivity contribution in [2.24, 2.45) is 4.99 Å². The largest absolute Gasteiger partial charge is 0.478 e. The number of ether oxygens (including phenoxy) is 1. The number of hydrogen-bond acceptors (Lipinski definition) is 6. The molecule has 5 rings (SSSR count). The summed E-state index contributed by atoms with van der Waals surface area (Å²) >= 11 is 1.28. The lowest BCUT2D eigenvalue weighted by atomic mass is 9.95. The molecule has 0 fully saturated rings. The van der Waals surface area contributed by atoms with E-state index in [1.807, 2.05) is 73.9 Å². The Labute approximate surface area is 228 Å². The van der Waals surface area contributed by atoms with Gasteiger partial charge < -0.3 is 14.4 Å². The number of thiazole rings is 1. The second-order valence-corrected chi connectivity index (χ2v) is 10.2. The highest BCUT2D eigenvalue weighted by Crippen LogP contribution is 2.31. The maximum atomic E-state index is 13.9. The van der Waals surface area contributed by atoms with Crippen LogP contribution in [0.15, 0.2) is 81.7 Å². The van der Waals surface area contributed by atoms with E-state index in [9.17, 15) is 19.5 Å². The zero-order chi connectivity index (χ0) is 27.8. The van der Waals surface area contributed by atoms with Crippen molar-refractivity contribution in [3.63, 3.8) is 0 Å². The molecule has 0 bridgehead atoms. The van der Waals surface area contributed by atoms with Crippen LogP contribution in [0.1, 0.15) is 52.3 Å². The first-order valence-electron chi connectivity index (χ1n) is 12.5. The van der Waals surface area contributed by atoms with Crippen LogP contribution in [-0.2, 0) is 9.53 Å². The number of aryl methyl sites for hydroxylation is 1. The topological polar surface area (TPSA) is 103 Å². The molecular weight excluding hydrogens is 514 g/mol. The summed E-state index contributed by atoms with van der Waals surface area (Å²) in [5.41, 5.74) is 5.03. The Morgan fingerprint density at radius 2 is 1.85 bits per heavy atom. The van der Waals surface area contributed by atoms with Crippen molar-refractivity contribution in [3.05, 3.63) is 120 Å². The number of carboxylic acid groups (broad SMARTS) is 1. The summed E-state index contributed by atoms with van der Waals surface area (Å²) in [6, 6.07) is 17.5. The van der Waals surface area contributed by atoms with Gasteiger partial charge in [0, 0.05) is 17.1 Å². The highest BCUT2D eigenvalue weighted by atomic mass is 32.1. The number of hydrogen-bond donors (Lipinski definition) is 1. The second-order valence-electron chi connectivity index (χ2n) is 9.22. The van der Waals surface area contributed by atoms with E-state index in [0.29, 0.717) is 27.0 Å². The SMILES string of the molecule is CCC1=C(C(=O)OC)[C@@H](c2ccccc2)n2c(s/c(=C\c3cc(C)n(-c4cccc(C(=O)O)c4)c3C)c2=O)=N1. The molecule has 0 saturated carbocycles. The summed E-state index contributed by atoms with van der Waals surface area (Å²) in [5, 5.41) is 9.42. The number of fused-ring (bicyclic) bond motifs is 1. The minimum Gasteiger partial charge on any atom is -0.478 e. The first-order valence-corrected chi connectivity index (χ1v) is 13.3. The standard InChI is InChI=1S/C30H27N3O5S/c1-5-23-25(29(37)38-4)26(19-10-7-6-8-11-19)33-27(34)24(39-30(33)31-23)16-21-14-17(2)32(18(21)3)22-13-9-12-20(15-22)28(35)36/h6-16,26H,5H2,1-4H3,(H,35,36)/b24-16-/t26-/m1/s1. The van der Waals surface area contributed by atoms with E-state index in [1.54, 1.807) is 22.8 Å². The van der Waals surface area contributed by atoms with E-state index in [1.165, 1.54) is 18.4 Å². The van der Waals surface area contributed by atoms with Crippen molar-refractivity contribution in [1.82, 2.24) is 9.13 Å². The van der Waals surface area contributed by atoms with Gasteiger partial charge in [-0.1, -0.05) is 54.7 Å². The van der Waals surface area contributed by atoms with Gasteiger partial charge in [-0.3, -0.25) is 9.36 Å². The normalized spacial score (nSPS) is 15.2. The van der Waals surface area contributed by atoms with Crippen LogP contribution in [0.3, 0.4) is 0 Å². The van der Waals surface area contributed by atoms with E-state index in [-0.39, 0.29) is 11.1 Å². The Bertz CT molecular complexity index is 1830. The fourth-order valence-electron chi connectivity index (χ4n) is 5.07. The monoisotopic (exact) mass is 541 g/mol. The molecule has 39 heavy (non-hydrogen) atoms. The summed E-state index contributed by atoms with van der Waals surface area (Å²) in [6.07, 6.45) is 2.34. The Hall–Kier alpha value is -4.50. The van der Waals surface area contributed by atoms with Crippen LogP contribution in [0.4, 0.5) is 0 Å². The highest BCUT2D eigenvalue weighted by molar-refractivity contribution is 7.07. The minimum absolute atomic E-state index is 0.198. The summed E-state index contributed by atoms with van der Waals surface area (Å²) in [4.78, 5) is 43.5. The number of methoxy groups -OCH3 is 1. The first-order chi connectivity index (χ1) is 18.7. The van der Waals surface area contributed by atoms with Crippen molar-refractivity contribution < 1.29 is 19.4 Å². The van der Waals surface area contributed by atoms with E-state index < -0.39 is 18.0 Å². The van der Waals surface area contributed by atoms with Crippen molar-refractivity contribution in [1.29, 1.82) is 0 Å². The van der Waals surface area contributed by atoms with Crippen LogP contribution in [-0.4, -0.2) is 33.3 Å². The predicted molar refractivity (Wildman–Crippen MR) is 149 cm³/mol. The van der Waals surface area contributed by atoms with Gasteiger partial charge in [0.15, 0.2) is 4.80 Å². The fraction of sp³-hybridized carbons (Fsp3) is 0.200. The smallest absolute Gasteiger partial charge is 0.338 e. The number of aromatic carboxylic acids is 1. The molecule has 3 heterocycles. The van der Waals surface area contributed by atoms with E-state index in [0.717, 1.165) is 28.2 Å². The van der Waals surface area contributed by atoms with Gasteiger partial charge in [-0.25, -0.2) is 14.6 Å². The number of carbonyl (C=O) groups excluding carboxylic acids is 1. The molecule has 0 amide bonds. The van der Waals surface area contributed by atoms with Crippen LogP contribution in [0.25, 0.3) is 11.8 Å². The lowest BCUT2D eigenvalue weighted by Crippen LogP contribution is -2.40. The van der Waals surface area contributed by atoms with Gasteiger partial charge in [0.25, 0.3) is 5.56 Å². The molecule has 1 aliphatic rings. The number of nitrogens with zero attached hydrogens (tertiary/aromatic N) is 3. The van der Waals surface area contributed by atoms with Crippen LogP contribution in [0, 0.1) is 13.8 Å². The van der Waals surface area contributed by atoms with Crippen molar-refractivity contribution in [2.75, 3.05) is 7.11 Å². The maximum absolute atomic E-state index is 13.9. The molecule has 9 heteroatoms. The first kappa shape index (κ1) is 26.1. The van der Waals surface area contributed by atoms with E-state index in [2.05, 4.69) is 0 Å². The lowest BCUT2D eigenvalue weighted by molar-refractivity contribution is -0.136. The Morgan fingerprint density at radius 1 is 1.10 bits per heavy atom. The fourth-order valence-corrected chi connectivity index (χ4v) is 6.08. The van der Waals surface area contributed by atoms with Gasteiger partial charge in [0.05, 0.1) is 34.5 Å². The summed E-state index contributed by atoms with van der Waals surface area (Å²) in [6.45, 7) is 5.79. The molecule has 2 aromatic heterocycles. The molecule has 0 radical (unpaired) electrons. The summed E-state index contributed by atoms with van der Waals surface area (Å²) in [7, 11) is 1.33. The van der Waals surface area contributed by atoms with Gasteiger partial charge in [-0.05, 0) is 61.7 Å². The number of allylic oxidation sites excluding steroid dienone is 1. The molecule has 198 valence electrons. The number of rotatable bonds is 6. The zero-order valence-electron chi connectivity index (χ0n) is 22.0. The maximum Gasteiger partial charge on any atom is 0.338 e. The number of esters is 1. The average molecular weight is 542 g/mol. The van der Waals surface area contributed by atoms with Gasteiger partial charge in [-0.15, -0.1) is 0 Å². The zero-order valence-corrected chi connectivity index (χ0v) is 22.8. The molecule has 2 aromatic carbocycles. The second kappa shape index (κ2) is 10.3. The summed E-state index contributed by atoms with van der Waals surface area (Å²) in [5.74, 6) is -1.50. The van der Waals surface area contributed by atoms with Crippen LogP contribution in [0.2, 0.25) is 0 Å². The molecule has 0 unspecified atom stereocenters. The third kappa shape index (κ3) is 4.55. The predicted octanol–water partition coefficient (Wildman–Crippen LogP) is 3.90. The van der Waals surface area contributed by atoms with Crippen molar-refractivity contribution in [2.45, 2.75) is 33.2 Å². The Kier molecular flexibility index (Phi) is 6.93. The van der Waals surface area contributed by atoms with Gasteiger partial charge in [-0.2, -0.15) is 0 Å². The molecule has 1 N–H and O–H groups in total. The Morgan fingerprint density at radius 3 is 2.51 bits per heavy atom. The van der Waals surface area contributed by atoms with Gasteiger partial charge in [0.2, 0.25) is 0 Å². The van der Waals surface area contributed by atoms with Crippen molar-refractivity contribution >= 4 is 29.4 Å². The Balaban J connectivity index is 1.70. The van der Waals surface area contributed by atoms with Crippen LogP contribution >= 0.6 is 11.3 Å². The molecule has 0 saturated heterocycles. The molecule has 1 aliphatic heterocycles. The third-order valence-electron chi connectivity index (χ3n) is 6.87. The van der Waals surface area contributed by atoms with Gasteiger partial charge in [0.1, 0.15) is 0 Å². The third-order valence-corrected chi connectivity index (χ3v) is 7.86. The van der Waals surface area contributed by atoms with E-state index in [4.69, 9.17) is 9.73 Å². The lowest BCUT2D eigenvalue weighted by Gasteiger charge is -2.25. The molecule has 0 spiro atoms. The molecular formula is C30H27N3O5S. The quantitative estimate of drug-likeness (QED) is 0.373. The highest BCUT2D eigenvalue weighted by Gasteiger charge is 2.33. The average Bonchev–Trinajstić information content (AvgIpc) is 3.41. The molecule has 8 nitrogen and oxygen atoms in total. The van der Waals surface area contributed by atoms with Crippen molar-refractivity contribution in [3.8, 4) is 5.69 Å². The molecule has 0 aliphatic carbocycles. The minimum atomic E-state index is -0.994. The van der Waals surface area contributed by atoms with Crippen LogP contribution in [0.5, 0.6) is 0 Å². The van der Waals surface area contributed by atoms with Gasteiger partial charge >= 0.3 is 11.9 Å². The molecule has 1 atom stereocenters.